The highest BCUT2D eigenvalue weighted by molar-refractivity contribution is 7.18. The highest BCUT2D eigenvalue weighted by atomic mass is 32.1. The topological polar surface area (TPSA) is 54.9 Å². The van der Waals surface area contributed by atoms with E-state index in [0.717, 1.165) is 21.6 Å². The fourth-order valence-corrected chi connectivity index (χ4v) is 3.71. The second kappa shape index (κ2) is 6.08. The zero-order valence-electron chi connectivity index (χ0n) is 12.7. The molecule has 3 aromatic rings. The molecule has 0 radical (unpaired) electrons. The Kier molecular flexibility index (Phi) is 3.79. The van der Waals surface area contributed by atoms with Gasteiger partial charge in [-0.2, -0.15) is 0 Å². The number of nitrogens with one attached hydrogen (secondary N) is 1. The molecule has 0 atom stereocenters. The van der Waals surface area contributed by atoms with Gasteiger partial charge in [0.2, 0.25) is 5.91 Å². The molecule has 1 amide bonds. The molecule has 0 aliphatic heterocycles. The highest BCUT2D eigenvalue weighted by Gasteiger charge is 2.26. The molecule has 2 heterocycles. The van der Waals surface area contributed by atoms with E-state index in [9.17, 15) is 4.79 Å². The molecule has 0 unspecified atom stereocenters. The predicted molar refractivity (Wildman–Crippen MR) is 92.8 cm³/mol. The molecule has 23 heavy (non-hydrogen) atoms. The summed E-state index contributed by atoms with van der Waals surface area (Å²) >= 11 is 1.75. The van der Waals surface area contributed by atoms with Gasteiger partial charge in [-0.3, -0.25) is 9.78 Å². The largest absolute Gasteiger partial charge is 0.326 e. The lowest BCUT2D eigenvalue weighted by Crippen LogP contribution is -2.12. The Labute approximate surface area is 138 Å². The van der Waals surface area contributed by atoms with E-state index >= 15 is 0 Å². The molecule has 4 nitrogen and oxygen atoms in total. The lowest BCUT2D eigenvalue weighted by molar-refractivity contribution is -0.116. The molecule has 116 valence electrons. The summed E-state index contributed by atoms with van der Waals surface area (Å²) in [4.78, 5) is 21.0. The predicted octanol–water partition coefficient (Wildman–Crippen LogP) is 4.14. The maximum absolute atomic E-state index is 12.1. The van der Waals surface area contributed by atoms with E-state index in [1.807, 2.05) is 36.4 Å². The molecule has 1 aromatic carbocycles. The van der Waals surface area contributed by atoms with Gasteiger partial charge < -0.3 is 5.32 Å². The Bertz CT molecular complexity index is 840. The van der Waals surface area contributed by atoms with E-state index in [1.165, 1.54) is 17.8 Å². The Hall–Kier alpha value is -2.27. The number of rotatable bonds is 5. The molecule has 5 heteroatoms. The van der Waals surface area contributed by atoms with Crippen molar-refractivity contribution in [3.8, 4) is 0 Å². The van der Waals surface area contributed by atoms with Crippen LogP contribution in [0.3, 0.4) is 0 Å². The van der Waals surface area contributed by atoms with E-state index < -0.39 is 0 Å². The zero-order chi connectivity index (χ0) is 15.6. The number of carbonyl (C=O) groups excluding carboxylic acids is 1. The number of benzene rings is 1. The average Bonchev–Trinajstić information content (AvgIpc) is 3.34. The lowest BCUT2D eigenvalue weighted by Gasteiger charge is -2.05. The second-order valence-corrected chi connectivity index (χ2v) is 6.94. The zero-order valence-corrected chi connectivity index (χ0v) is 13.5. The molecule has 1 aliphatic carbocycles. The Morgan fingerprint density at radius 2 is 2.17 bits per heavy atom. The van der Waals surface area contributed by atoms with Gasteiger partial charge in [0, 0.05) is 29.9 Å². The van der Waals surface area contributed by atoms with Crippen molar-refractivity contribution in [2.75, 3.05) is 5.32 Å². The summed E-state index contributed by atoms with van der Waals surface area (Å²) in [5.74, 6) is 0.686. The van der Waals surface area contributed by atoms with Crippen molar-refractivity contribution >= 4 is 33.1 Å². The Morgan fingerprint density at radius 3 is 2.96 bits per heavy atom. The molecular formula is C18H17N3OS. The molecule has 0 saturated heterocycles. The highest BCUT2D eigenvalue weighted by Crippen LogP contribution is 2.43. The van der Waals surface area contributed by atoms with Crippen LogP contribution in [0.25, 0.3) is 10.2 Å². The number of hydrogen-bond acceptors (Lipinski definition) is 4. The molecule has 1 fully saturated rings. The van der Waals surface area contributed by atoms with Crippen LogP contribution in [0.2, 0.25) is 0 Å². The number of aryl methyl sites for hydroxylation is 1. The van der Waals surface area contributed by atoms with Gasteiger partial charge in [0.25, 0.3) is 0 Å². The number of aromatic nitrogens is 2. The van der Waals surface area contributed by atoms with Gasteiger partial charge in [0.15, 0.2) is 0 Å². The molecule has 0 bridgehead atoms. The van der Waals surface area contributed by atoms with Gasteiger partial charge in [-0.1, -0.05) is 6.07 Å². The minimum Gasteiger partial charge on any atom is -0.326 e. The Morgan fingerprint density at radius 1 is 1.26 bits per heavy atom. The van der Waals surface area contributed by atoms with E-state index in [1.54, 1.807) is 17.5 Å². The number of hydrogen-bond donors (Lipinski definition) is 1. The van der Waals surface area contributed by atoms with Crippen LogP contribution in [0.5, 0.6) is 0 Å². The minimum atomic E-state index is 0.0157. The van der Waals surface area contributed by atoms with Gasteiger partial charge in [-0.25, -0.2) is 4.98 Å². The van der Waals surface area contributed by atoms with Crippen LogP contribution in [0.15, 0.2) is 42.6 Å². The smallest absolute Gasteiger partial charge is 0.224 e. The van der Waals surface area contributed by atoms with E-state index in [-0.39, 0.29) is 5.91 Å². The number of thiazole rings is 1. The van der Waals surface area contributed by atoms with Crippen LogP contribution in [0, 0.1) is 0 Å². The van der Waals surface area contributed by atoms with Crippen LogP contribution in [-0.4, -0.2) is 15.9 Å². The summed E-state index contributed by atoms with van der Waals surface area (Å²) in [6.07, 6.45) is 5.36. The van der Waals surface area contributed by atoms with Crippen LogP contribution < -0.4 is 5.32 Å². The number of anilines is 1. The lowest BCUT2D eigenvalue weighted by atomic mass is 10.2. The van der Waals surface area contributed by atoms with Crippen LogP contribution in [0.4, 0.5) is 5.69 Å². The first kappa shape index (κ1) is 14.3. The first-order valence-electron chi connectivity index (χ1n) is 7.88. The molecule has 1 saturated carbocycles. The van der Waals surface area contributed by atoms with Crippen molar-refractivity contribution in [1.82, 2.24) is 9.97 Å². The van der Waals surface area contributed by atoms with E-state index in [4.69, 9.17) is 0 Å². The molecular weight excluding hydrogens is 306 g/mol. The van der Waals surface area contributed by atoms with Crippen molar-refractivity contribution in [1.29, 1.82) is 0 Å². The summed E-state index contributed by atoms with van der Waals surface area (Å²) in [6.45, 7) is 0. The molecule has 1 aliphatic rings. The quantitative estimate of drug-likeness (QED) is 0.768. The molecule has 4 rings (SSSR count). The van der Waals surface area contributed by atoms with Crippen LogP contribution in [0.1, 0.15) is 35.9 Å². The monoisotopic (exact) mass is 323 g/mol. The Balaban J connectivity index is 1.41. The summed E-state index contributed by atoms with van der Waals surface area (Å²) in [5.41, 5.74) is 2.81. The van der Waals surface area contributed by atoms with Crippen molar-refractivity contribution < 1.29 is 4.79 Å². The summed E-state index contributed by atoms with van der Waals surface area (Å²) < 4.78 is 1.15. The number of amides is 1. The fourth-order valence-electron chi connectivity index (χ4n) is 2.54. The van der Waals surface area contributed by atoms with E-state index in [0.29, 0.717) is 18.8 Å². The van der Waals surface area contributed by atoms with Crippen LogP contribution >= 0.6 is 11.3 Å². The maximum Gasteiger partial charge on any atom is 0.224 e. The standard InChI is InChI=1S/C18H17N3OS/c22-17(9-7-13-3-1-2-10-19-13)20-14-6-8-15-16(11-14)23-18(21-15)12-4-5-12/h1-3,6,8,10-12H,4-5,7,9H2,(H,20,22). The second-order valence-electron chi connectivity index (χ2n) is 5.88. The van der Waals surface area contributed by atoms with Crippen molar-refractivity contribution in [2.24, 2.45) is 0 Å². The minimum absolute atomic E-state index is 0.0157. The SMILES string of the molecule is O=C(CCc1ccccn1)Nc1ccc2nc(C3CC3)sc2c1. The third-order valence-corrected chi connectivity index (χ3v) is 5.13. The number of nitrogens with zero attached hydrogens (tertiary/aromatic N) is 2. The first-order valence-corrected chi connectivity index (χ1v) is 8.70. The number of pyridine rings is 1. The van der Waals surface area contributed by atoms with Gasteiger partial charge in [-0.05, 0) is 49.6 Å². The van der Waals surface area contributed by atoms with Crippen molar-refractivity contribution in [3.63, 3.8) is 0 Å². The number of fused-ring (bicyclic) bond motifs is 1. The molecule has 1 N–H and O–H groups in total. The van der Waals surface area contributed by atoms with E-state index in [2.05, 4.69) is 15.3 Å². The molecule has 2 aromatic heterocycles. The average molecular weight is 323 g/mol. The third-order valence-electron chi connectivity index (χ3n) is 3.95. The van der Waals surface area contributed by atoms with Crippen molar-refractivity contribution in [2.45, 2.75) is 31.6 Å². The normalized spacial score (nSPS) is 14.1. The van der Waals surface area contributed by atoms with Gasteiger partial charge in [-0.15, -0.1) is 11.3 Å². The van der Waals surface area contributed by atoms with Gasteiger partial charge >= 0.3 is 0 Å². The van der Waals surface area contributed by atoms with Crippen LogP contribution in [-0.2, 0) is 11.2 Å². The maximum atomic E-state index is 12.1. The summed E-state index contributed by atoms with van der Waals surface area (Å²) in [5, 5.41) is 4.21. The van der Waals surface area contributed by atoms with Gasteiger partial charge in [0.1, 0.15) is 0 Å². The van der Waals surface area contributed by atoms with Gasteiger partial charge in [0.05, 0.1) is 15.2 Å². The third kappa shape index (κ3) is 3.40. The summed E-state index contributed by atoms with van der Waals surface area (Å²) in [7, 11) is 0. The fraction of sp³-hybridized carbons (Fsp3) is 0.278. The molecule has 0 spiro atoms. The first-order chi connectivity index (χ1) is 11.3. The number of carbonyl (C=O) groups is 1. The summed E-state index contributed by atoms with van der Waals surface area (Å²) in [6, 6.07) is 11.7. The van der Waals surface area contributed by atoms with Crippen molar-refractivity contribution in [3.05, 3.63) is 53.3 Å².